The van der Waals surface area contributed by atoms with Gasteiger partial charge in [-0.1, -0.05) is 0 Å². The first-order chi connectivity index (χ1) is 13.6. The largest absolute Gasteiger partial charge is 0.380 e. The van der Waals surface area contributed by atoms with Crippen LogP contribution in [0.4, 0.5) is 0 Å². The Labute approximate surface area is 161 Å². The summed E-state index contributed by atoms with van der Waals surface area (Å²) in [6.07, 6.45) is 4.12. The van der Waals surface area contributed by atoms with Crippen LogP contribution in [-0.4, -0.2) is 66.8 Å². The van der Waals surface area contributed by atoms with Crippen molar-refractivity contribution < 1.29 is 9.53 Å². The number of carbonyl (C=O) groups excluding carboxylic acids is 1. The van der Waals surface area contributed by atoms with Gasteiger partial charge in [0, 0.05) is 26.1 Å². The summed E-state index contributed by atoms with van der Waals surface area (Å²) in [4.78, 5) is 16.5. The summed E-state index contributed by atoms with van der Waals surface area (Å²) < 4.78 is 8.74. The molecule has 3 atom stereocenters. The van der Waals surface area contributed by atoms with E-state index in [9.17, 15) is 4.79 Å². The lowest BCUT2D eigenvalue weighted by Crippen LogP contribution is -2.41. The van der Waals surface area contributed by atoms with E-state index in [-0.39, 0.29) is 30.4 Å². The normalized spacial score (nSPS) is 22.5. The molecule has 11 heteroatoms. The molecule has 0 aromatic carbocycles. The van der Waals surface area contributed by atoms with E-state index in [1.165, 1.54) is 6.33 Å². The van der Waals surface area contributed by atoms with Gasteiger partial charge in [0.1, 0.15) is 12.2 Å². The molecule has 0 bridgehead atoms. The number of amides is 1. The first kappa shape index (κ1) is 18.4. The first-order valence-corrected chi connectivity index (χ1v) is 9.21. The molecular formula is C17H23N9O2. The minimum absolute atomic E-state index is 0.0458. The molecule has 3 N–H and O–H groups in total. The molecule has 1 fully saturated rings. The molecule has 11 nitrogen and oxygen atoms in total. The van der Waals surface area contributed by atoms with E-state index >= 15 is 0 Å². The molecule has 4 rings (SSSR count). The van der Waals surface area contributed by atoms with Crippen LogP contribution >= 0.6 is 0 Å². The molecule has 1 amide bonds. The first-order valence-electron chi connectivity index (χ1n) is 9.21. The fourth-order valence-electron chi connectivity index (χ4n) is 3.64. The molecule has 148 valence electrons. The predicted molar refractivity (Wildman–Crippen MR) is 98.8 cm³/mol. The van der Waals surface area contributed by atoms with Gasteiger partial charge in [0.2, 0.25) is 5.91 Å². The van der Waals surface area contributed by atoms with Crippen molar-refractivity contribution in [3.8, 4) is 5.82 Å². The molecule has 1 aliphatic rings. The number of nitrogens with zero attached hydrogens (tertiary/aromatic N) is 7. The van der Waals surface area contributed by atoms with E-state index < -0.39 is 0 Å². The molecule has 3 aromatic heterocycles. The maximum Gasteiger partial charge on any atom is 0.227 e. The van der Waals surface area contributed by atoms with Gasteiger partial charge in [0.15, 0.2) is 17.3 Å². The average Bonchev–Trinajstić information content (AvgIpc) is 3.34. The highest BCUT2D eigenvalue weighted by Gasteiger charge is 2.32. The second-order valence-corrected chi connectivity index (χ2v) is 6.92. The zero-order valence-corrected chi connectivity index (χ0v) is 15.8. The van der Waals surface area contributed by atoms with Crippen LogP contribution < -0.4 is 11.1 Å². The number of nitrogens with one attached hydrogen (secondary N) is 1. The summed E-state index contributed by atoms with van der Waals surface area (Å²) in [5.74, 6) is 1.74. The van der Waals surface area contributed by atoms with E-state index in [1.807, 2.05) is 12.1 Å². The van der Waals surface area contributed by atoms with Crippen molar-refractivity contribution in [2.75, 3.05) is 14.2 Å². The molecule has 3 heterocycles. The number of likely N-dealkylation sites (N-methyl/N-ethyl adjacent to an activating group) is 1. The van der Waals surface area contributed by atoms with Crippen LogP contribution in [0, 0.1) is 0 Å². The Hall–Kier alpha value is -2.92. The third-order valence-electron chi connectivity index (χ3n) is 5.14. The van der Waals surface area contributed by atoms with Crippen molar-refractivity contribution in [3.63, 3.8) is 0 Å². The van der Waals surface area contributed by atoms with Gasteiger partial charge in [-0.15, -0.1) is 20.4 Å². The molecule has 28 heavy (non-hydrogen) atoms. The van der Waals surface area contributed by atoms with E-state index in [0.717, 1.165) is 25.1 Å². The number of ether oxygens (including phenoxy) is 1. The summed E-state index contributed by atoms with van der Waals surface area (Å²) in [7, 11) is 3.28. The lowest BCUT2D eigenvalue weighted by atomic mass is 9.83. The molecule has 0 unspecified atom stereocenters. The van der Waals surface area contributed by atoms with Gasteiger partial charge in [-0.3, -0.25) is 4.79 Å². The highest BCUT2D eigenvalue weighted by Crippen LogP contribution is 2.33. The van der Waals surface area contributed by atoms with Crippen LogP contribution in [0.15, 0.2) is 18.5 Å². The second kappa shape index (κ2) is 7.60. The molecule has 0 radical (unpaired) electrons. The summed E-state index contributed by atoms with van der Waals surface area (Å²) in [6, 6.07) is 3.55. The zero-order chi connectivity index (χ0) is 19.7. The Morgan fingerprint density at radius 1 is 1.36 bits per heavy atom. The van der Waals surface area contributed by atoms with Gasteiger partial charge in [-0.2, -0.15) is 9.20 Å². The standard InChI is InChI=1S/C17H23N9O2/c1-19-16(27)8-13-21-17(10-3-4-12(28-2)11(18)7-10)26(23-13)15-6-5-14-22-20-9-25(14)24-15/h5-6,9-12H,3-4,7-8,18H2,1-2H3,(H,19,27)/t10-,11+,12+/m0/s1. The Kier molecular flexibility index (Phi) is 5.01. The van der Waals surface area contributed by atoms with Crippen LogP contribution in [0.2, 0.25) is 0 Å². The predicted octanol–water partition coefficient (Wildman–Crippen LogP) is -0.397. The van der Waals surface area contributed by atoms with Crippen LogP contribution in [-0.2, 0) is 16.0 Å². The molecule has 3 aromatic rings. The topological polar surface area (TPSA) is 138 Å². The van der Waals surface area contributed by atoms with Crippen LogP contribution in [0.1, 0.15) is 36.8 Å². The highest BCUT2D eigenvalue weighted by atomic mass is 16.5. The zero-order valence-electron chi connectivity index (χ0n) is 15.8. The monoisotopic (exact) mass is 385 g/mol. The smallest absolute Gasteiger partial charge is 0.227 e. The number of hydrogen-bond acceptors (Lipinski definition) is 8. The van der Waals surface area contributed by atoms with Crippen LogP contribution in [0.3, 0.4) is 0 Å². The minimum Gasteiger partial charge on any atom is -0.380 e. The lowest BCUT2D eigenvalue weighted by Gasteiger charge is -2.32. The number of nitrogens with two attached hydrogens (primary N) is 1. The van der Waals surface area contributed by atoms with Crippen LogP contribution in [0.5, 0.6) is 0 Å². The van der Waals surface area contributed by atoms with Crippen molar-refractivity contribution in [2.24, 2.45) is 5.73 Å². The third kappa shape index (κ3) is 3.45. The van der Waals surface area contributed by atoms with E-state index in [4.69, 9.17) is 10.5 Å². The van der Waals surface area contributed by atoms with E-state index in [0.29, 0.717) is 17.3 Å². The van der Waals surface area contributed by atoms with Crippen molar-refractivity contribution in [3.05, 3.63) is 30.1 Å². The van der Waals surface area contributed by atoms with Crippen LogP contribution in [0.25, 0.3) is 11.5 Å². The molecule has 0 aliphatic heterocycles. The van der Waals surface area contributed by atoms with Gasteiger partial charge in [-0.05, 0) is 31.4 Å². The van der Waals surface area contributed by atoms with Crippen molar-refractivity contribution in [1.29, 1.82) is 0 Å². The van der Waals surface area contributed by atoms with Gasteiger partial charge in [0.05, 0.1) is 12.5 Å². The highest BCUT2D eigenvalue weighted by molar-refractivity contribution is 5.77. The summed E-state index contributed by atoms with van der Waals surface area (Å²) in [6.45, 7) is 0. The number of rotatable bonds is 5. The number of carbonyl (C=O) groups is 1. The quantitative estimate of drug-likeness (QED) is 0.605. The maximum atomic E-state index is 11.8. The molecule has 0 saturated heterocycles. The minimum atomic E-state index is -0.147. The summed E-state index contributed by atoms with van der Waals surface area (Å²) >= 11 is 0. The second-order valence-electron chi connectivity index (χ2n) is 6.92. The van der Waals surface area contributed by atoms with Crippen molar-refractivity contribution in [2.45, 2.75) is 43.7 Å². The van der Waals surface area contributed by atoms with Gasteiger partial charge in [0.25, 0.3) is 0 Å². The maximum absolute atomic E-state index is 11.8. The number of aromatic nitrogens is 7. The fourth-order valence-corrected chi connectivity index (χ4v) is 3.64. The molecular weight excluding hydrogens is 362 g/mol. The fraction of sp³-hybridized carbons (Fsp3) is 0.529. The molecule has 1 saturated carbocycles. The Morgan fingerprint density at radius 2 is 2.21 bits per heavy atom. The summed E-state index contributed by atoms with van der Waals surface area (Å²) in [5.41, 5.74) is 6.93. The third-order valence-corrected chi connectivity index (χ3v) is 5.14. The Balaban J connectivity index is 1.72. The van der Waals surface area contributed by atoms with Gasteiger partial charge < -0.3 is 15.8 Å². The number of hydrogen-bond donors (Lipinski definition) is 2. The molecule has 0 spiro atoms. The SMILES string of the molecule is CNC(=O)Cc1nc([C@H]2CC[C@@H](OC)[C@H](N)C2)n(-c2ccc3nncn3n2)n1. The summed E-state index contributed by atoms with van der Waals surface area (Å²) in [5, 5.41) is 19.5. The Bertz CT molecular complexity index is 982. The molecule has 1 aliphatic carbocycles. The van der Waals surface area contributed by atoms with E-state index in [1.54, 1.807) is 23.4 Å². The van der Waals surface area contributed by atoms with Gasteiger partial charge in [-0.25, -0.2) is 4.98 Å². The average molecular weight is 385 g/mol. The number of methoxy groups -OCH3 is 1. The Morgan fingerprint density at radius 3 is 2.96 bits per heavy atom. The van der Waals surface area contributed by atoms with E-state index in [2.05, 4.69) is 30.7 Å². The number of fused-ring (bicyclic) bond motifs is 1. The lowest BCUT2D eigenvalue weighted by molar-refractivity contribution is -0.120. The van der Waals surface area contributed by atoms with Crippen molar-refractivity contribution in [1.82, 2.24) is 39.9 Å². The van der Waals surface area contributed by atoms with Crippen molar-refractivity contribution >= 4 is 11.6 Å². The van der Waals surface area contributed by atoms with Gasteiger partial charge >= 0.3 is 0 Å².